The van der Waals surface area contributed by atoms with E-state index in [1.54, 1.807) is 12.1 Å². The van der Waals surface area contributed by atoms with Crippen molar-refractivity contribution in [2.75, 3.05) is 12.3 Å². The third-order valence-corrected chi connectivity index (χ3v) is 5.48. The minimum atomic E-state index is -3.54. The first-order chi connectivity index (χ1) is 9.99. The van der Waals surface area contributed by atoms with Crippen molar-refractivity contribution in [2.45, 2.75) is 17.7 Å². The number of nitrogens with two attached hydrogens (primary N) is 1. The van der Waals surface area contributed by atoms with Crippen LogP contribution in [0.2, 0.25) is 0 Å². The summed E-state index contributed by atoms with van der Waals surface area (Å²) in [5, 5.41) is 0. The average Bonchev–Trinajstić information content (AvgIpc) is 2.47. The minimum Gasteiger partial charge on any atom is -0.399 e. The van der Waals surface area contributed by atoms with E-state index >= 15 is 0 Å². The van der Waals surface area contributed by atoms with Gasteiger partial charge in [0.25, 0.3) is 0 Å². The van der Waals surface area contributed by atoms with Crippen molar-refractivity contribution in [3.63, 3.8) is 0 Å². The van der Waals surface area contributed by atoms with Crippen molar-refractivity contribution < 1.29 is 8.42 Å². The lowest BCUT2D eigenvalue weighted by Crippen LogP contribution is -2.25. The molecule has 0 radical (unpaired) electrons. The minimum absolute atomic E-state index is 0.169. The van der Waals surface area contributed by atoms with Crippen molar-refractivity contribution in [3.05, 3.63) is 58.6 Å². The zero-order valence-corrected chi connectivity index (χ0v) is 13.8. The fourth-order valence-corrected chi connectivity index (χ4v) is 4.02. The monoisotopic (exact) mass is 368 g/mol. The Morgan fingerprint density at radius 1 is 1.10 bits per heavy atom. The second-order valence-corrected chi connectivity index (χ2v) is 7.27. The number of anilines is 1. The maximum atomic E-state index is 12.2. The summed E-state index contributed by atoms with van der Waals surface area (Å²) >= 11 is 3.24. The number of halogens is 1. The first-order valence-electron chi connectivity index (χ1n) is 6.58. The van der Waals surface area contributed by atoms with Gasteiger partial charge in [0.15, 0.2) is 0 Å². The lowest BCUT2D eigenvalue weighted by molar-refractivity contribution is 0.578. The van der Waals surface area contributed by atoms with Crippen LogP contribution in [0.25, 0.3) is 0 Å². The summed E-state index contributed by atoms with van der Waals surface area (Å²) in [7, 11) is -3.54. The first kappa shape index (κ1) is 16.0. The molecule has 0 heterocycles. The summed E-state index contributed by atoms with van der Waals surface area (Å²) in [6.45, 7) is 0.387. The van der Waals surface area contributed by atoms with E-state index in [0.717, 1.165) is 12.8 Å². The Kier molecular flexibility index (Phi) is 5.39. The van der Waals surface area contributed by atoms with E-state index < -0.39 is 10.0 Å². The number of nitrogens with one attached hydrogen (secondary N) is 1. The molecule has 112 valence electrons. The van der Waals surface area contributed by atoms with Gasteiger partial charge in [0, 0.05) is 16.7 Å². The van der Waals surface area contributed by atoms with Crippen LogP contribution in [0.5, 0.6) is 0 Å². The molecule has 0 aliphatic carbocycles. The van der Waals surface area contributed by atoms with E-state index in [9.17, 15) is 8.42 Å². The highest BCUT2D eigenvalue weighted by Gasteiger charge is 2.17. The molecule has 0 aliphatic heterocycles. The molecule has 6 heteroatoms. The van der Waals surface area contributed by atoms with E-state index in [2.05, 4.69) is 20.7 Å². The van der Waals surface area contributed by atoms with Crippen LogP contribution in [0.1, 0.15) is 12.0 Å². The molecule has 0 amide bonds. The Balaban J connectivity index is 1.94. The van der Waals surface area contributed by atoms with Crippen molar-refractivity contribution in [1.82, 2.24) is 4.72 Å². The highest BCUT2D eigenvalue weighted by atomic mass is 79.9. The van der Waals surface area contributed by atoms with Gasteiger partial charge in [-0.25, -0.2) is 13.1 Å². The predicted molar refractivity (Wildman–Crippen MR) is 88.5 cm³/mol. The Hall–Kier alpha value is -1.37. The Labute approximate surface area is 133 Å². The Bertz CT molecular complexity index is 703. The third kappa shape index (κ3) is 4.56. The molecular formula is C15H17BrN2O2S. The smallest absolute Gasteiger partial charge is 0.241 e. The molecule has 21 heavy (non-hydrogen) atoms. The van der Waals surface area contributed by atoms with Crippen LogP contribution in [0.4, 0.5) is 5.69 Å². The van der Waals surface area contributed by atoms with Crippen LogP contribution in [-0.2, 0) is 16.4 Å². The van der Waals surface area contributed by atoms with Gasteiger partial charge >= 0.3 is 0 Å². The van der Waals surface area contributed by atoms with Crippen LogP contribution in [-0.4, -0.2) is 15.0 Å². The largest absolute Gasteiger partial charge is 0.399 e. The topological polar surface area (TPSA) is 72.2 Å². The average molecular weight is 369 g/mol. The lowest BCUT2D eigenvalue weighted by Gasteiger charge is -2.09. The van der Waals surface area contributed by atoms with E-state index in [0.29, 0.717) is 16.7 Å². The number of hydrogen-bond acceptors (Lipinski definition) is 3. The molecular weight excluding hydrogens is 352 g/mol. The number of nitrogen functional groups attached to an aromatic ring is 1. The molecule has 0 spiro atoms. The summed E-state index contributed by atoms with van der Waals surface area (Å²) in [6.07, 6.45) is 1.57. The number of benzene rings is 2. The summed E-state index contributed by atoms with van der Waals surface area (Å²) < 4.78 is 27.5. The number of sulfonamides is 1. The molecule has 3 N–H and O–H groups in total. The lowest BCUT2D eigenvalue weighted by atomic mass is 10.1. The normalized spacial score (nSPS) is 11.5. The van der Waals surface area contributed by atoms with Gasteiger partial charge in [-0.15, -0.1) is 0 Å². The van der Waals surface area contributed by atoms with E-state index in [4.69, 9.17) is 5.73 Å². The summed E-state index contributed by atoms with van der Waals surface area (Å²) in [6, 6.07) is 14.7. The number of aryl methyl sites for hydroxylation is 1. The molecule has 0 saturated carbocycles. The zero-order chi connectivity index (χ0) is 15.3. The van der Waals surface area contributed by atoms with Gasteiger partial charge in [0.1, 0.15) is 0 Å². The van der Waals surface area contributed by atoms with Crippen molar-refractivity contribution in [2.24, 2.45) is 0 Å². The number of hydrogen-bond donors (Lipinski definition) is 2. The summed E-state index contributed by atoms with van der Waals surface area (Å²) in [5.74, 6) is 0. The molecule has 0 saturated heterocycles. The highest BCUT2D eigenvalue weighted by Crippen LogP contribution is 2.23. The highest BCUT2D eigenvalue weighted by molar-refractivity contribution is 9.10. The van der Waals surface area contributed by atoms with Crippen LogP contribution in [0.15, 0.2) is 57.9 Å². The van der Waals surface area contributed by atoms with Gasteiger partial charge in [-0.1, -0.05) is 30.3 Å². The van der Waals surface area contributed by atoms with Crippen molar-refractivity contribution in [1.29, 1.82) is 0 Å². The molecule has 0 aromatic heterocycles. The van der Waals surface area contributed by atoms with E-state index in [-0.39, 0.29) is 4.90 Å². The van der Waals surface area contributed by atoms with Crippen molar-refractivity contribution >= 4 is 31.6 Å². The van der Waals surface area contributed by atoms with Gasteiger partial charge in [-0.2, -0.15) is 0 Å². The van der Waals surface area contributed by atoms with E-state index in [1.807, 2.05) is 30.3 Å². The maximum absolute atomic E-state index is 12.2. The molecule has 0 aliphatic rings. The SMILES string of the molecule is Nc1ccc(Br)c(S(=O)(=O)NCCCc2ccccc2)c1. The van der Waals surface area contributed by atoms with Crippen LogP contribution >= 0.6 is 15.9 Å². The summed E-state index contributed by atoms with van der Waals surface area (Å²) in [5.41, 5.74) is 7.26. The molecule has 2 aromatic carbocycles. The van der Waals surface area contributed by atoms with Gasteiger partial charge in [-0.05, 0) is 52.5 Å². The van der Waals surface area contributed by atoms with E-state index in [1.165, 1.54) is 11.6 Å². The number of rotatable bonds is 6. The molecule has 2 rings (SSSR count). The molecule has 0 fully saturated rings. The molecule has 0 unspecified atom stereocenters. The van der Waals surface area contributed by atoms with Crippen LogP contribution in [0, 0.1) is 0 Å². The third-order valence-electron chi connectivity index (χ3n) is 3.02. The Morgan fingerprint density at radius 3 is 2.52 bits per heavy atom. The van der Waals surface area contributed by atoms with Gasteiger partial charge in [0.2, 0.25) is 10.0 Å². The standard InChI is InChI=1S/C15H17BrN2O2S/c16-14-9-8-13(17)11-15(14)21(19,20)18-10-4-7-12-5-2-1-3-6-12/h1-3,5-6,8-9,11,18H,4,7,10,17H2. The van der Waals surface area contributed by atoms with Gasteiger partial charge < -0.3 is 5.73 Å². The molecule has 4 nitrogen and oxygen atoms in total. The fraction of sp³-hybridized carbons (Fsp3) is 0.200. The van der Waals surface area contributed by atoms with Gasteiger partial charge in [-0.3, -0.25) is 0 Å². The maximum Gasteiger partial charge on any atom is 0.241 e. The van der Waals surface area contributed by atoms with Crippen LogP contribution < -0.4 is 10.5 Å². The second kappa shape index (κ2) is 7.06. The van der Waals surface area contributed by atoms with Gasteiger partial charge in [0.05, 0.1) is 4.90 Å². The second-order valence-electron chi connectivity index (χ2n) is 4.68. The predicted octanol–water partition coefficient (Wildman–Crippen LogP) is 2.94. The van der Waals surface area contributed by atoms with Crippen LogP contribution in [0.3, 0.4) is 0 Å². The molecule has 0 atom stereocenters. The molecule has 0 bridgehead atoms. The summed E-state index contributed by atoms with van der Waals surface area (Å²) in [4.78, 5) is 0.169. The Morgan fingerprint density at radius 2 is 1.81 bits per heavy atom. The zero-order valence-electron chi connectivity index (χ0n) is 11.4. The fourth-order valence-electron chi connectivity index (χ4n) is 1.95. The van der Waals surface area contributed by atoms with Crippen molar-refractivity contribution in [3.8, 4) is 0 Å². The quantitative estimate of drug-likeness (QED) is 0.608. The molecule has 2 aromatic rings. The first-order valence-corrected chi connectivity index (χ1v) is 8.85.